The van der Waals surface area contributed by atoms with Gasteiger partial charge in [-0.2, -0.15) is 0 Å². The number of likely N-dealkylation sites (N-methyl/N-ethyl adjacent to an activating group) is 2. The summed E-state index contributed by atoms with van der Waals surface area (Å²) in [7, 11) is 3.29. The second-order valence-corrected chi connectivity index (χ2v) is 9.97. The van der Waals surface area contributed by atoms with Gasteiger partial charge in [0.1, 0.15) is 12.3 Å². The van der Waals surface area contributed by atoms with Crippen molar-refractivity contribution in [3.05, 3.63) is 115 Å². The van der Waals surface area contributed by atoms with Crippen molar-refractivity contribution in [2.24, 2.45) is 0 Å². The maximum atomic E-state index is 13.5. The Morgan fingerprint density at radius 3 is 1.86 bits per heavy atom. The summed E-state index contributed by atoms with van der Waals surface area (Å²) in [4.78, 5) is 56.4. The van der Waals surface area contributed by atoms with E-state index in [-0.39, 0.29) is 31.5 Å². The highest BCUT2D eigenvalue weighted by Gasteiger charge is 2.23. The van der Waals surface area contributed by atoms with Gasteiger partial charge in [0.25, 0.3) is 5.91 Å². The number of amides is 5. The van der Waals surface area contributed by atoms with E-state index in [1.807, 2.05) is 67.6 Å². The largest absolute Gasteiger partial charge is 0.484 e. The molecule has 10 nitrogen and oxygen atoms in total. The van der Waals surface area contributed by atoms with Gasteiger partial charge in [-0.3, -0.25) is 14.4 Å². The first-order chi connectivity index (χ1) is 21.2. The molecular weight excluding hydrogens is 558 g/mol. The molecule has 0 fully saturated rings. The minimum atomic E-state index is -0.557. The normalized spacial score (nSPS) is 10.3. The van der Waals surface area contributed by atoms with Gasteiger partial charge in [-0.1, -0.05) is 60.7 Å². The van der Waals surface area contributed by atoms with E-state index in [4.69, 9.17) is 4.74 Å². The number of aryl methyl sites for hydroxylation is 1. The summed E-state index contributed by atoms with van der Waals surface area (Å²) in [6.45, 7) is 0.953. The van der Waals surface area contributed by atoms with Crippen LogP contribution in [0.4, 0.5) is 27.5 Å². The molecule has 4 rings (SSSR count). The van der Waals surface area contributed by atoms with Gasteiger partial charge in [-0.05, 0) is 55.0 Å². The maximum absolute atomic E-state index is 13.5. The lowest BCUT2D eigenvalue weighted by Crippen LogP contribution is -2.46. The summed E-state index contributed by atoms with van der Waals surface area (Å²) in [5, 5.41) is 5.31. The SMILES string of the molecule is Cc1ccccc1NC(=O)NCC(=O)N(CC(=O)N(C)c1ccccc1)c1cccc(OCC(=O)N(C)c2ccccc2)c1. The average molecular weight is 594 g/mol. The fourth-order valence-electron chi connectivity index (χ4n) is 4.27. The van der Waals surface area contributed by atoms with Crippen molar-refractivity contribution >= 4 is 46.5 Å². The van der Waals surface area contributed by atoms with Crippen LogP contribution in [-0.2, 0) is 14.4 Å². The number of benzene rings is 4. The smallest absolute Gasteiger partial charge is 0.319 e. The van der Waals surface area contributed by atoms with Gasteiger partial charge in [-0.25, -0.2) is 4.79 Å². The first-order valence-electron chi connectivity index (χ1n) is 14.0. The van der Waals surface area contributed by atoms with Gasteiger partial charge in [0.2, 0.25) is 11.8 Å². The molecule has 0 aromatic heterocycles. The molecule has 0 radical (unpaired) electrons. The van der Waals surface area contributed by atoms with Crippen molar-refractivity contribution in [1.29, 1.82) is 0 Å². The van der Waals surface area contributed by atoms with Crippen molar-refractivity contribution < 1.29 is 23.9 Å². The van der Waals surface area contributed by atoms with E-state index in [1.54, 1.807) is 62.6 Å². The maximum Gasteiger partial charge on any atom is 0.319 e. The number of hydrogen-bond acceptors (Lipinski definition) is 5. The van der Waals surface area contributed by atoms with Gasteiger partial charge in [0, 0.05) is 42.9 Å². The second-order valence-electron chi connectivity index (χ2n) is 9.97. The summed E-state index contributed by atoms with van der Waals surface area (Å²) >= 11 is 0. The lowest BCUT2D eigenvalue weighted by molar-refractivity contribution is -0.121. The molecule has 4 aromatic carbocycles. The van der Waals surface area contributed by atoms with Gasteiger partial charge in [0.05, 0.1) is 6.54 Å². The molecule has 0 aliphatic heterocycles. The number of ether oxygens (including phenoxy) is 1. The number of para-hydroxylation sites is 3. The third kappa shape index (κ3) is 8.45. The third-order valence-electron chi connectivity index (χ3n) is 6.91. The first kappa shape index (κ1) is 31.3. The Hall–Kier alpha value is -5.64. The van der Waals surface area contributed by atoms with E-state index < -0.39 is 11.9 Å². The molecule has 0 aliphatic rings. The van der Waals surface area contributed by atoms with Crippen molar-refractivity contribution in [1.82, 2.24) is 5.32 Å². The number of carbonyl (C=O) groups is 4. The quantitative estimate of drug-likeness (QED) is 0.258. The molecule has 10 heteroatoms. The molecule has 5 amide bonds. The molecule has 4 aromatic rings. The average Bonchev–Trinajstić information content (AvgIpc) is 3.06. The number of nitrogens with one attached hydrogen (secondary N) is 2. The number of rotatable bonds is 11. The monoisotopic (exact) mass is 593 g/mol. The Morgan fingerprint density at radius 2 is 1.23 bits per heavy atom. The Balaban J connectivity index is 1.48. The number of anilines is 4. The molecule has 0 atom stereocenters. The van der Waals surface area contributed by atoms with E-state index in [9.17, 15) is 19.2 Å². The third-order valence-corrected chi connectivity index (χ3v) is 6.91. The van der Waals surface area contributed by atoms with Gasteiger partial charge in [0.15, 0.2) is 6.61 Å². The summed E-state index contributed by atoms with van der Waals surface area (Å²) < 4.78 is 5.77. The molecule has 2 N–H and O–H groups in total. The fraction of sp³-hybridized carbons (Fsp3) is 0.176. The minimum absolute atomic E-state index is 0.237. The lowest BCUT2D eigenvalue weighted by Gasteiger charge is -2.26. The number of carbonyl (C=O) groups excluding carboxylic acids is 4. The highest BCUT2D eigenvalue weighted by molar-refractivity contribution is 6.05. The van der Waals surface area contributed by atoms with Crippen LogP contribution in [0.2, 0.25) is 0 Å². The number of nitrogens with zero attached hydrogens (tertiary/aromatic N) is 3. The summed E-state index contributed by atoms with van der Waals surface area (Å²) in [6.07, 6.45) is 0. The Labute approximate surface area is 256 Å². The molecule has 0 saturated carbocycles. The van der Waals surface area contributed by atoms with E-state index in [1.165, 1.54) is 14.7 Å². The first-order valence-corrected chi connectivity index (χ1v) is 14.0. The van der Waals surface area contributed by atoms with Crippen molar-refractivity contribution in [2.45, 2.75) is 6.92 Å². The van der Waals surface area contributed by atoms with Gasteiger partial charge < -0.3 is 30.1 Å². The van der Waals surface area contributed by atoms with Crippen LogP contribution < -0.4 is 30.1 Å². The van der Waals surface area contributed by atoms with Crippen LogP contribution in [0.15, 0.2) is 109 Å². The Morgan fingerprint density at radius 1 is 0.659 bits per heavy atom. The van der Waals surface area contributed by atoms with E-state index in [2.05, 4.69) is 10.6 Å². The highest BCUT2D eigenvalue weighted by Crippen LogP contribution is 2.23. The zero-order valence-corrected chi connectivity index (χ0v) is 24.9. The lowest BCUT2D eigenvalue weighted by atomic mass is 10.2. The molecule has 0 saturated heterocycles. The summed E-state index contributed by atoms with van der Waals surface area (Å²) in [6, 6.07) is 31.5. The summed E-state index contributed by atoms with van der Waals surface area (Å²) in [5.41, 5.74) is 3.25. The molecule has 0 heterocycles. The zero-order valence-electron chi connectivity index (χ0n) is 24.9. The molecule has 226 valence electrons. The van der Waals surface area contributed by atoms with Crippen molar-refractivity contribution in [2.75, 3.05) is 53.8 Å². The minimum Gasteiger partial charge on any atom is -0.484 e. The van der Waals surface area contributed by atoms with Crippen LogP contribution in [0.5, 0.6) is 5.75 Å². The predicted octanol–water partition coefficient (Wildman–Crippen LogP) is 4.85. The van der Waals surface area contributed by atoms with Crippen LogP contribution >= 0.6 is 0 Å². The predicted molar refractivity (Wildman–Crippen MR) is 172 cm³/mol. The molecular formula is C34H35N5O5. The molecule has 44 heavy (non-hydrogen) atoms. The molecule has 0 aliphatic carbocycles. The Kier molecular flexibility index (Phi) is 10.7. The van der Waals surface area contributed by atoms with Gasteiger partial charge >= 0.3 is 6.03 Å². The standard InChI is InChI=1S/C34H35N5O5/c1-25-13-10-11-20-30(25)36-34(43)35-22-31(40)39(23-32(41)37(2)26-14-6-4-7-15-26)28-18-12-19-29(21-28)44-24-33(42)38(3)27-16-8-5-9-17-27/h4-21H,22-24H2,1-3H3,(H2,35,36,43). The highest BCUT2D eigenvalue weighted by atomic mass is 16.5. The van der Waals surface area contributed by atoms with Crippen LogP contribution in [-0.4, -0.2) is 57.5 Å². The number of urea groups is 1. The second kappa shape index (κ2) is 15.0. The van der Waals surface area contributed by atoms with E-state index >= 15 is 0 Å². The van der Waals surface area contributed by atoms with Crippen LogP contribution in [0.25, 0.3) is 0 Å². The topological polar surface area (TPSA) is 111 Å². The zero-order chi connectivity index (χ0) is 31.5. The summed E-state index contributed by atoms with van der Waals surface area (Å²) in [5.74, 6) is -0.793. The van der Waals surface area contributed by atoms with E-state index in [0.717, 1.165) is 11.3 Å². The Bertz CT molecular complexity index is 1600. The van der Waals surface area contributed by atoms with Crippen molar-refractivity contribution in [3.8, 4) is 5.75 Å². The number of hydrogen-bond donors (Lipinski definition) is 2. The molecule has 0 bridgehead atoms. The van der Waals surface area contributed by atoms with Crippen molar-refractivity contribution in [3.63, 3.8) is 0 Å². The van der Waals surface area contributed by atoms with Crippen LogP contribution in [0, 0.1) is 6.92 Å². The van der Waals surface area contributed by atoms with Crippen LogP contribution in [0.1, 0.15) is 5.56 Å². The van der Waals surface area contributed by atoms with E-state index in [0.29, 0.717) is 22.8 Å². The van der Waals surface area contributed by atoms with Crippen LogP contribution in [0.3, 0.4) is 0 Å². The van der Waals surface area contributed by atoms with Gasteiger partial charge in [-0.15, -0.1) is 0 Å². The molecule has 0 unspecified atom stereocenters. The molecule has 0 spiro atoms. The fourth-order valence-corrected chi connectivity index (χ4v) is 4.27.